The van der Waals surface area contributed by atoms with Crippen molar-refractivity contribution in [1.82, 2.24) is 30.2 Å². The molecule has 4 rings (SSSR count). The lowest BCUT2D eigenvalue weighted by atomic mass is 10.1. The van der Waals surface area contributed by atoms with E-state index in [-0.39, 0.29) is 12.5 Å². The van der Waals surface area contributed by atoms with Crippen molar-refractivity contribution in [2.45, 2.75) is 13.5 Å². The normalized spacial score (nSPS) is 11.0. The average Bonchev–Trinajstić information content (AvgIpc) is 3.22. The third-order valence-electron chi connectivity index (χ3n) is 4.56. The number of fused-ring (bicyclic) bond motifs is 1. The number of ether oxygens (including phenoxy) is 1. The first kappa shape index (κ1) is 20.6. The summed E-state index contributed by atoms with van der Waals surface area (Å²) >= 11 is 0. The van der Waals surface area contributed by atoms with Crippen molar-refractivity contribution in [3.63, 3.8) is 0 Å². The molecule has 1 N–H and O–H groups in total. The third-order valence-corrected chi connectivity index (χ3v) is 4.56. The van der Waals surface area contributed by atoms with Crippen LogP contribution < -0.4 is 5.48 Å². The first-order chi connectivity index (χ1) is 15.3. The van der Waals surface area contributed by atoms with Gasteiger partial charge in [0, 0.05) is 37.0 Å². The Balaban J connectivity index is 1.69. The van der Waals surface area contributed by atoms with E-state index in [1.807, 2.05) is 31.2 Å². The smallest absolute Gasteiger partial charge is 0.275 e. The molecular formula is C22H22N6O3. The second-order valence-corrected chi connectivity index (χ2v) is 6.67. The zero-order valence-corrected chi connectivity index (χ0v) is 17.1. The lowest BCUT2D eigenvalue weighted by Gasteiger charge is -2.10. The van der Waals surface area contributed by atoms with E-state index in [9.17, 15) is 4.79 Å². The van der Waals surface area contributed by atoms with Gasteiger partial charge in [-0.1, -0.05) is 6.07 Å². The summed E-state index contributed by atoms with van der Waals surface area (Å²) in [5.41, 5.74) is 5.87. The molecule has 0 aliphatic carbocycles. The molecule has 0 unspecified atom stereocenters. The fraction of sp³-hybridized carbons (Fsp3) is 0.227. The Morgan fingerprint density at radius 1 is 1.10 bits per heavy atom. The summed E-state index contributed by atoms with van der Waals surface area (Å²) in [6.07, 6.45) is 8.53. The minimum Gasteiger partial charge on any atom is -0.379 e. The van der Waals surface area contributed by atoms with Crippen molar-refractivity contribution in [1.29, 1.82) is 0 Å². The van der Waals surface area contributed by atoms with E-state index < -0.39 is 0 Å². The number of pyridine rings is 3. The molecule has 158 valence electrons. The van der Waals surface area contributed by atoms with E-state index >= 15 is 0 Å². The first-order valence-corrected chi connectivity index (χ1v) is 9.92. The molecule has 4 aromatic rings. The molecule has 0 atom stereocenters. The first-order valence-electron chi connectivity index (χ1n) is 9.92. The van der Waals surface area contributed by atoms with Crippen molar-refractivity contribution in [3.8, 4) is 11.3 Å². The Kier molecular flexibility index (Phi) is 6.56. The monoisotopic (exact) mass is 418 g/mol. The van der Waals surface area contributed by atoms with Crippen LogP contribution in [0.2, 0.25) is 0 Å². The van der Waals surface area contributed by atoms with Gasteiger partial charge >= 0.3 is 0 Å². The quantitative estimate of drug-likeness (QED) is 0.329. The maximum atomic E-state index is 12.9. The fourth-order valence-corrected chi connectivity index (χ4v) is 3.09. The SMILES string of the molecule is CCOCCONC(=O)c1cc(-c2cccnc2)nc2c1cnn2Cc1cccnc1. The molecule has 0 spiro atoms. The molecule has 0 aliphatic heterocycles. The molecule has 4 heterocycles. The molecule has 0 bridgehead atoms. The van der Waals surface area contributed by atoms with Crippen LogP contribution in [0.3, 0.4) is 0 Å². The second kappa shape index (κ2) is 9.88. The lowest BCUT2D eigenvalue weighted by molar-refractivity contribution is 0.00175. The Morgan fingerprint density at radius 3 is 2.68 bits per heavy atom. The molecule has 0 radical (unpaired) electrons. The summed E-state index contributed by atoms with van der Waals surface area (Å²) in [7, 11) is 0. The van der Waals surface area contributed by atoms with Crippen LogP contribution in [0.4, 0.5) is 0 Å². The van der Waals surface area contributed by atoms with Crippen LogP contribution in [0.15, 0.2) is 61.3 Å². The number of nitrogens with one attached hydrogen (secondary N) is 1. The van der Waals surface area contributed by atoms with Gasteiger partial charge < -0.3 is 4.74 Å². The number of hydrogen-bond acceptors (Lipinski definition) is 7. The Hall–Kier alpha value is -3.69. The van der Waals surface area contributed by atoms with E-state index in [0.29, 0.717) is 42.0 Å². The molecule has 0 saturated heterocycles. The molecule has 9 nitrogen and oxygen atoms in total. The molecule has 0 aromatic carbocycles. The van der Waals surface area contributed by atoms with Crippen molar-refractivity contribution >= 4 is 16.9 Å². The Labute approximate surface area is 179 Å². The van der Waals surface area contributed by atoms with E-state index in [1.54, 1.807) is 41.7 Å². The zero-order valence-electron chi connectivity index (χ0n) is 17.1. The largest absolute Gasteiger partial charge is 0.379 e. The van der Waals surface area contributed by atoms with Gasteiger partial charge in [0.1, 0.15) is 0 Å². The molecule has 1 amide bonds. The molecule has 31 heavy (non-hydrogen) atoms. The van der Waals surface area contributed by atoms with Gasteiger partial charge in [0.05, 0.1) is 42.6 Å². The number of carbonyl (C=O) groups is 1. The van der Waals surface area contributed by atoms with Gasteiger partial charge in [-0.15, -0.1) is 0 Å². The number of rotatable bonds is 9. The van der Waals surface area contributed by atoms with Crippen LogP contribution >= 0.6 is 0 Å². The fourth-order valence-electron chi connectivity index (χ4n) is 3.09. The third kappa shape index (κ3) is 4.90. The summed E-state index contributed by atoms with van der Waals surface area (Å²) in [6, 6.07) is 9.27. The predicted molar refractivity (Wildman–Crippen MR) is 114 cm³/mol. The highest BCUT2D eigenvalue weighted by Gasteiger charge is 2.18. The minimum atomic E-state index is -0.380. The molecule has 4 aromatic heterocycles. The van der Waals surface area contributed by atoms with E-state index in [2.05, 4.69) is 20.5 Å². The molecule has 0 aliphatic rings. The van der Waals surface area contributed by atoms with E-state index in [4.69, 9.17) is 14.6 Å². The maximum absolute atomic E-state index is 12.9. The Bertz CT molecular complexity index is 1150. The van der Waals surface area contributed by atoms with Gasteiger partial charge in [-0.05, 0) is 36.8 Å². The van der Waals surface area contributed by atoms with Crippen molar-refractivity contribution in [2.24, 2.45) is 0 Å². The number of nitrogens with zero attached hydrogens (tertiary/aromatic N) is 5. The molecule has 0 fully saturated rings. The number of carbonyl (C=O) groups excluding carboxylic acids is 1. The van der Waals surface area contributed by atoms with Crippen LogP contribution in [0.5, 0.6) is 0 Å². The van der Waals surface area contributed by atoms with Crippen LogP contribution in [-0.2, 0) is 16.1 Å². The van der Waals surface area contributed by atoms with Gasteiger partial charge in [0.15, 0.2) is 5.65 Å². The summed E-state index contributed by atoms with van der Waals surface area (Å²) in [5, 5.41) is 5.09. The summed E-state index contributed by atoms with van der Waals surface area (Å²) < 4.78 is 6.97. The van der Waals surface area contributed by atoms with Gasteiger partial charge in [0.2, 0.25) is 0 Å². The van der Waals surface area contributed by atoms with Crippen LogP contribution in [0.25, 0.3) is 22.3 Å². The van der Waals surface area contributed by atoms with Gasteiger partial charge in [-0.3, -0.25) is 19.6 Å². The lowest BCUT2D eigenvalue weighted by Crippen LogP contribution is -2.26. The van der Waals surface area contributed by atoms with Gasteiger partial charge in [0.25, 0.3) is 5.91 Å². The summed E-state index contributed by atoms with van der Waals surface area (Å²) in [4.78, 5) is 31.2. The number of hydroxylamine groups is 1. The maximum Gasteiger partial charge on any atom is 0.275 e. The van der Waals surface area contributed by atoms with Gasteiger partial charge in [-0.2, -0.15) is 5.10 Å². The van der Waals surface area contributed by atoms with Crippen LogP contribution in [-0.4, -0.2) is 50.5 Å². The van der Waals surface area contributed by atoms with Crippen molar-refractivity contribution in [2.75, 3.05) is 19.8 Å². The standard InChI is InChI=1S/C22H22N6O3/c1-2-30-9-10-31-27-22(29)18-11-20(17-6-4-8-24-13-17)26-21-19(18)14-25-28(21)15-16-5-3-7-23-12-16/h3-8,11-14H,2,9-10,15H2,1H3,(H,27,29). The van der Waals surface area contributed by atoms with Gasteiger partial charge in [-0.25, -0.2) is 15.1 Å². The van der Waals surface area contributed by atoms with E-state index in [1.165, 1.54) is 0 Å². The highest BCUT2D eigenvalue weighted by atomic mass is 16.7. The molecular weight excluding hydrogens is 396 g/mol. The predicted octanol–water partition coefficient (Wildman–Crippen LogP) is 2.63. The van der Waals surface area contributed by atoms with Crippen LogP contribution in [0, 0.1) is 0 Å². The topological polar surface area (TPSA) is 104 Å². The zero-order chi connectivity index (χ0) is 21.5. The Morgan fingerprint density at radius 2 is 1.94 bits per heavy atom. The van der Waals surface area contributed by atoms with Crippen molar-refractivity contribution < 1.29 is 14.4 Å². The highest BCUT2D eigenvalue weighted by molar-refractivity contribution is 6.06. The number of hydrogen-bond donors (Lipinski definition) is 1. The average molecular weight is 418 g/mol. The molecule has 0 saturated carbocycles. The summed E-state index contributed by atoms with van der Waals surface area (Å²) in [5.74, 6) is -0.380. The number of aromatic nitrogens is 5. The number of amides is 1. The molecule has 9 heteroatoms. The second-order valence-electron chi connectivity index (χ2n) is 6.67. The van der Waals surface area contributed by atoms with Crippen molar-refractivity contribution in [3.05, 3.63) is 72.4 Å². The highest BCUT2D eigenvalue weighted by Crippen LogP contribution is 2.25. The van der Waals surface area contributed by atoms with E-state index in [0.717, 1.165) is 11.1 Å². The minimum absolute atomic E-state index is 0.254. The summed E-state index contributed by atoms with van der Waals surface area (Å²) in [6.45, 7) is 3.62. The van der Waals surface area contributed by atoms with Crippen LogP contribution in [0.1, 0.15) is 22.8 Å².